The maximum atomic E-state index is 13.3. The number of aryl methyl sites for hydroxylation is 2. The van der Waals surface area contributed by atoms with Crippen molar-refractivity contribution in [3.05, 3.63) is 53.6 Å². The van der Waals surface area contributed by atoms with Gasteiger partial charge in [-0.3, -0.25) is 19.6 Å². The summed E-state index contributed by atoms with van der Waals surface area (Å²) in [6.45, 7) is 4.54. The Morgan fingerprint density at radius 3 is 2.64 bits per heavy atom. The highest BCUT2D eigenvalue weighted by atomic mass is 16.2. The highest BCUT2D eigenvalue weighted by Gasteiger charge is 2.49. The number of hydrogen-bond donors (Lipinski definition) is 1. The lowest BCUT2D eigenvalue weighted by atomic mass is 9.71. The van der Waals surface area contributed by atoms with Crippen LogP contribution in [-0.2, 0) is 4.79 Å². The Balaban J connectivity index is 1.47. The smallest absolute Gasteiger partial charge is 0.251 e. The standard InChI is InChI=1S/C22H26N4O2/c1-15-12-17(5-9-23-15)20(27)25-18-4-3-7-22(14-18)8-11-26(21(22)28)19-6-10-24-16(2)13-19/h5-6,9-10,12-13,18H,3-4,7-8,11,14H2,1-2H3,(H,25,27). The molecular formula is C22H26N4O2. The van der Waals surface area contributed by atoms with E-state index in [-0.39, 0.29) is 23.3 Å². The summed E-state index contributed by atoms with van der Waals surface area (Å²) in [5.41, 5.74) is 2.92. The lowest BCUT2D eigenvalue weighted by Crippen LogP contribution is -2.46. The number of anilines is 1. The first kappa shape index (κ1) is 18.6. The molecule has 2 atom stereocenters. The summed E-state index contributed by atoms with van der Waals surface area (Å²) in [5.74, 6) is 0.108. The van der Waals surface area contributed by atoms with Gasteiger partial charge in [0.2, 0.25) is 5.91 Å². The Hall–Kier alpha value is -2.76. The van der Waals surface area contributed by atoms with Crippen molar-refractivity contribution in [1.82, 2.24) is 15.3 Å². The molecule has 1 aliphatic heterocycles. The van der Waals surface area contributed by atoms with Crippen molar-refractivity contribution >= 4 is 17.5 Å². The number of aromatic nitrogens is 2. The molecule has 2 amide bonds. The molecule has 2 unspecified atom stereocenters. The molecule has 0 radical (unpaired) electrons. The van der Waals surface area contributed by atoms with Crippen molar-refractivity contribution in [3.63, 3.8) is 0 Å². The highest BCUT2D eigenvalue weighted by Crippen LogP contribution is 2.46. The van der Waals surface area contributed by atoms with Crippen LogP contribution in [-0.4, -0.2) is 34.4 Å². The molecule has 2 aromatic rings. The fourth-order valence-corrected chi connectivity index (χ4v) is 4.63. The number of carbonyl (C=O) groups excluding carboxylic acids is 2. The van der Waals surface area contributed by atoms with Gasteiger partial charge in [0.1, 0.15) is 0 Å². The number of hydrogen-bond acceptors (Lipinski definition) is 4. The van der Waals surface area contributed by atoms with Crippen LogP contribution in [0.2, 0.25) is 0 Å². The molecule has 6 nitrogen and oxygen atoms in total. The van der Waals surface area contributed by atoms with Gasteiger partial charge in [0, 0.05) is 47.6 Å². The summed E-state index contributed by atoms with van der Waals surface area (Å²) < 4.78 is 0. The second kappa shape index (κ2) is 7.34. The van der Waals surface area contributed by atoms with E-state index in [4.69, 9.17) is 0 Å². The molecule has 0 aromatic carbocycles. The van der Waals surface area contributed by atoms with Gasteiger partial charge in [0.05, 0.1) is 5.41 Å². The number of rotatable bonds is 3. The van der Waals surface area contributed by atoms with Crippen LogP contribution in [0.5, 0.6) is 0 Å². The van der Waals surface area contributed by atoms with Crippen LogP contribution in [0.4, 0.5) is 5.69 Å². The minimum absolute atomic E-state index is 0.0257. The van der Waals surface area contributed by atoms with Crippen molar-refractivity contribution in [1.29, 1.82) is 0 Å². The van der Waals surface area contributed by atoms with Crippen LogP contribution < -0.4 is 10.2 Å². The van der Waals surface area contributed by atoms with E-state index >= 15 is 0 Å². The lowest BCUT2D eigenvalue weighted by molar-refractivity contribution is -0.127. The fraction of sp³-hybridized carbons (Fsp3) is 0.455. The summed E-state index contributed by atoms with van der Waals surface area (Å²) >= 11 is 0. The SMILES string of the molecule is Cc1cc(C(=O)NC2CCCC3(CCN(c4ccnc(C)c4)C3=O)C2)ccn1. The summed E-state index contributed by atoms with van der Waals surface area (Å²) in [7, 11) is 0. The third-order valence-electron chi connectivity index (χ3n) is 6.04. The van der Waals surface area contributed by atoms with Crippen molar-refractivity contribution in [3.8, 4) is 0 Å². The van der Waals surface area contributed by atoms with Crippen LogP contribution in [0, 0.1) is 19.3 Å². The molecule has 3 heterocycles. The highest BCUT2D eigenvalue weighted by molar-refractivity contribution is 6.00. The zero-order chi connectivity index (χ0) is 19.7. The molecule has 1 saturated heterocycles. The van der Waals surface area contributed by atoms with Crippen molar-refractivity contribution < 1.29 is 9.59 Å². The first-order valence-corrected chi connectivity index (χ1v) is 9.95. The molecule has 4 rings (SSSR count). The van der Waals surface area contributed by atoms with Gasteiger partial charge in [0.15, 0.2) is 0 Å². The summed E-state index contributed by atoms with van der Waals surface area (Å²) in [6, 6.07) is 7.41. The Bertz CT molecular complexity index is 913. The van der Waals surface area contributed by atoms with Gasteiger partial charge in [-0.25, -0.2) is 0 Å². The maximum absolute atomic E-state index is 13.3. The number of pyridine rings is 2. The van der Waals surface area contributed by atoms with Crippen LogP contribution >= 0.6 is 0 Å². The van der Waals surface area contributed by atoms with Gasteiger partial charge in [-0.15, -0.1) is 0 Å². The summed E-state index contributed by atoms with van der Waals surface area (Å²) in [5, 5.41) is 3.15. The molecule has 6 heteroatoms. The first-order chi connectivity index (χ1) is 13.5. The first-order valence-electron chi connectivity index (χ1n) is 9.95. The molecule has 1 N–H and O–H groups in total. The third-order valence-corrected chi connectivity index (χ3v) is 6.04. The van der Waals surface area contributed by atoms with Gasteiger partial charge in [-0.05, 0) is 63.8 Å². The minimum Gasteiger partial charge on any atom is -0.349 e. The molecule has 28 heavy (non-hydrogen) atoms. The van der Waals surface area contributed by atoms with E-state index in [0.717, 1.165) is 49.3 Å². The van der Waals surface area contributed by atoms with E-state index in [0.29, 0.717) is 12.0 Å². The van der Waals surface area contributed by atoms with E-state index in [9.17, 15) is 9.59 Å². The summed E-state index contributed by atoms with van der Waals surface area (Å²) in [4.78, 5) is 36.2. The number of nitrogens with zero attached hydrogens (tertiary/aromatic N) is 3. The minimum atomic E-state index is -0.360. The van der Waals surface area contributed by atoms with Crippen molar-refractivity contribution in [2.24, 2.45) is 5.41 Å². The molecule has 1 saturated carbocycles. The van der Waals surface area contributed by atoms with Gasteiger partial charge < -0.3 is 10.2 Å². The molecule has 2 fully saturated rings. The van der Waals surface area contributed by atoms with Crippen LogP contribution in [0.15, 0.2) is 36.7 Å². The Labute approximate surface area is 165 Å². The molecule has 1 aliphatic carbocycles. The molecule has 1 spiro atoms. The topological polar surface area (TPSA) is 75.2 Å². The Morgan fingerprint density at radius 1 is 1.14 bits per heavy atom. The maximum Gasteiger partial charge on any atom is 0.251 e. The fourth-order valence-electron chi connectivity index (χ4n) is 4.63. The average Bonchev–Trinajstić information content (AvgIpc) is 2.97. The van der Waals surface area contributed by atoms with E-state index in [1.807, 2.05) is 30.9 Å². The predicted octanol–water partition coefficient (Wildman–Crippen LogP) is 3.19. The molecule has 2 aromatic heterocycles. The molecule has 2 aliphatic rings. The molecule has 146 valence electrons. The second-order valence-corrected chi connectivity index (χ2v) is 8.10. The monoisotopic (exact) mass is 378 g/mol. The molecule has 0 bridgehead atoms. The number of amides is 2. The number of carbonyl (C=O) groups is 2. The van der Waals surface area contributed by atoms with Gasteiger partial charge >= 0.3 is 0 Å². The van der Waals surface area contributed by atoms with Crippen LogP contribution in [0.25, 0.3) is 0 Å². The Kier molecular flexibility index (Phi) is 4.87. The quantitative estimate of drug-likeness (QED) is 0.890. The second-order valence-electron chi connectivity index (χ2n) is 8.10. The number of nitrogens with one attached hydrogen (secondary N) is 1. The third kappa shape index (κ3) is 3.51. The summed E-state index contributed by atoms with van der Waals surface area (Å²) in [6.07, 6.45) is 7.73. The average molecular weight is 378 g/mol. The van der Waals surface area contributed by atoms with Crippen molar-refractivity contribution in [2.75, 3.05) is 11.4 Å². The lowest BCUT2D eigenvalue weighted by Gasteiger charge is -2.37. The van der Waals surface area contributed by atoms with Gasteiger partial charge in [-0.2, -0.15) is 0 Å². The van der Waals surface area contributed by atoms with Crippen LogP contribution in [0.1, 0.15) is 53.8 Å². The zero-order valence-electron chi connectivity index (χ0n) is 16.4. The largest absolute Gasteiger partial charge is 0.349 e. The Morgan fingerprint density at radius 2 is 1.89 bits per heavy atom. The van der Waals surface area contributed by atoms with E-state index < -0.39 is 0 Å². The van der Waals surface area contributed by atoms with E-state index in [2.05, 4.69) is 15.3 Å². The van der Waals surface area contributed by atoms with E-state index in [1.165, 1.54) is 0 Å². The normalized spacial score (nSPS) is 24.6. The van der Waals surface area contributed by atoms with Gasteiger partial charge in [-0.1, -0.05) is 6.42 Å². The van der Waals surface area contributed by atoms with E-state index in [1.54, 1.807) is 24.5 Å². The van der Waals surface area contributed by atoms with Gasteiger partial charge in [0.25, 0.3) is 5.91 Å². The van der Waals surface area contributed by atoms with Crippen LogP contribution in [0.3, 0.4) is 0 Å². The molecular weight excluding hydrogens is 352 g/mol. The van der Waals surface area contributed by atoms with Crippen molar-refractivity contribution in [2.45, 2.75) is 52.0 Å². The zero-order valence-corrected chi connectivity index (χ0v) is 16.4. The predicted molar refractivity (Wildman–Crippen MR) is 107 cm³/mol.